The molecule has 0 aliphatic rings. The lowest BCUT2D eigenvalue weighted by Crippen LogP contribution is -2.30. The third kappa shape index (κ3) is 5.94. The first-order valence-electron chi connectivity index (χ1n) is 8.13. The molecule has 0 aliphatic carbocycles. The Hall–Kier alpha value is -1.92. The van der Waals surface area contributed by atoms with E-state index in [1.807, 2.05) is 35.7 Å². The van der Waals surface area contributed by atoms with Gasteiger partial charge < -0.3 is 14.8 Å². The Kier molecular flexibility index (Phi) is 7.71. The summed E-state index contributed by atoms with van der Waals surface area (Å²) in [5, 5.41) is 6.00. The van der Waals surface area contributed by atoms with Crippen molar-refractivity contribution < 1.29 is 14.3 Å². The SMILES string of the molecule is CCOC(=O)NC(Cc1ccccc1)c1csc(CCCOC)n1. The Bertz CT molecular complexity index is 616. The first-order valence-corrected chi connectivity index (χ1v) is 9.01. The van der Waals surface area contributed by atoms with E-state index in [0.717, 1.165) is 35.7 Å². The van der Waals surface area contributed by atoms with Gasteiger partial charge in [-0.25, -0.2) is 9.78 Å². The van der Waals surface area contributed by atoms with Gasteiger partial charge >= 0.3 is 6.09 Å². The van der Waals surface area contributed by atoms with Crippen molar-refractivity contribution in [2.45, 2.75) is 32.2 Å². The Morgan fingerprint density at radius 3 is 2.83 bits per heavy atom. The number of nitrogens with one attached hydrogen (secondary N) is 1. The highest BCUT2D eigenvalue weighted by Gasteiger charge is 2.19. The first kappa shape index (κ1) is 18.4. The van der Waals surface area contributed by atoms with Crippen LogP contribution in [-0.2, 0) is 22.3 Å². The summed E-state index contributed by atoms with van der Waals surface area (Å²) >= 11 is 1.62. The number of hydrogen-bond donors (Lipinski definition) is 1. The normalized spacial score (nSPS) is 11.9. The zero-order valence-corrected chi connectivity index (χ0v) is 15.0. The van der Waals surface area contributed by atoms with Crippen LogP contribution in [-0.4, -0.2) is 31.4 Å². The summed E-state index contributed by atoms with van der Waals surface area (Å²) in [6.45, 7) is 2.87. The zero-order chi connectivity index (χ0) is 17.2. The number of thiazole rings is 1. The molecule has 1 atom stereocenters. The van der Waals surface area contributed by atoms with Crippen LogP contribution in [0.2, 0.25) is 0 Å². The number of nitrogens with zero attached hydrogens (tertiary/aromatic N) is 1. The van der Waals surface area contributed by atoms with Crippen LogP contribution < -0.4 is 5.32 Å². The van der Waals surface area contributed by atoms with Crippen molar-refractivity contribution in [2.75, 3.05) is 20.3 Å². The van der Waals surface area contributed by atoms with Crippen LogP contribution in [0, 0.1) is 0 Å². The summed E-state index contributed by atoms with van der Waals surface area (Å²) in [6.07, 6.45) is 2.10. The molecule has 1 amide bonds. The highest BCUT2D eigenvalue weighted by Crippen LogP contribution is 2.22. The lowest BCUT2D eigenvalue weighted by molar-refractivity contribution is 0.147. The van der Waals surface area contributed by atoms with E-state index in [4.69, 9.17) is 9.47 Å². The minimum absolute atomic E-state index is 0.195. The number of carbonyl (C=O) groups excluding carboxylic acids is 1. The molecule has 5 nitrogen and oxygen atoms in total. The number of hydrogen-bond acceptors (Lipinski definition) is 5. The molecule has 1 unspecified atom stereocenters. The molecule has 0 fully saturated rings. The van der Waals surface area contributed by atoms with Crippen LogP contribution in [0.5, 0.6) is 0 Å². The van der Waals surface area contributed by atoms with Gasteiger partial charge in [0.05, 0.1) is 23.4 Å². The maximum Gasteiger partial charge on any atom is 0.407 e. The fourth-order valence-electron chi connectivity index (χ4n) is 2.36. The lowest BCUT2D eigenvalue weighted by Gasteiger charge is -2.16. The summed E-state index contributed by atoms with van der Waals surface area (Å²) in [5.41, 5.74) is 2.03. The van der Waals surface area contributed by atoms with E-state index in [2.05, 4.69) is 10.3 Å². The van der Waals surface area contributed by atoms with Crippen molar-refractivity contribution in [2.24, 2.45) is 0 Å². The maximum atomic E-state index is 11.9. The fourth-order valence-corrected chi connectivity index (χ4v) is 3.26. The molecule has 1 heterocycles. The maximum absolute atomic E-state index is 11.9. The Balaban J connectivity index is 2.08. The van der Waals surface area contributed by atoms with E-state index in [1.54, 1.807) is 25.4 Å². The van der Waals surface area contributed by atoms with Crippen molar-refractivity contribution >= 4 is 17.4 Å². The summed E-state index contributed by atoms with van der Waals surface area (Å²) in [5.74, 6) is 0. The molecule has 2 rings (SSSR count). The molecular weight excluding hydrogens is 324 g/mol. The van der Waals surface area contributed by atoms with Gasteiger partial charge in [0.15, 0.2) is 0 Å². The number of benzene rings is 1. The van der Waals surface area contributed by atoms with Crippen LogP contribution in [0.4, 0.5) is 4.79 Å². The number of alkyl carbamates (subject to hydrolysis) is 1. The van der Waals surface area contributed by atoms with Gasteiger partial charge in [0.2, 0.25) is 0 Å². The van der Waals surface area contributed by atoms with Crippen molar-refractivity contribution in [3.8, 4) is 0 Å². The lowest BCUT2D eigenvalue weighted by atomic mass is 10.0. The second-order valence-electron chi connectivity index (χ2n) is 5.37. The highest BCUT2D eigenvalue weighted by molar-refractivity contribution is 7.09. The molecular formula is C18H24N2O3S. The Morgan fingerprint density at radius 2 is 2.12 bits per heavy atom. The molecule has 130 valence electrons. The van der Waals surface area contributed by atoms with E-state index in [9.17, 15) is 4.79 Å². The van der Waals surface area contributed by atoms with Gasteiger partial charge in [-0.3, -0.25) is 0 Å². The molecule has 6 heteroatoms. The van der Waals surface area contributed by atoms with Gasteiger partial charge in [-0.05, 0) is 25.3 Å². The van der Waals surface area contributed by atoms with Crippen LogP contribution in [0.1, 0.15) is 35.7 Å². The molecule has 0 aliphatic heterocycles. The molecule has 1 aromatic heterocycles. The second kappa shape index (κ2) is 10.1. The predicted molar refractivity (Wildman–Crippen MR) is 95.4 cm³/mol. The average Bonchev–Trinajstić information content (AvgIpc) is 3.05. The van der Waals surface area contributed by atoms with E-state index in [0.29, 0.717) is 13.0 Å². The van der Waals surface area contributed by atoms with E-state index >= 15 is 0 Å². The number of aromatic nitrogens is 1. The van der Waals surface area contributed by atoms with Crippen LogP contribution in [0.25, 0.3) is 0 Å². The summed E-state index contributed by atoms with van der Waals surface area (Å²) < 4.78 is 10.1. The van der Waals surface area contributed by atoms with Gasteiger partial charge in [-0.15, -0.1) is 11.3 Å². The van der Waals surface area contributed by atoms with Gasteiger partial charge in [0, 0.05) is 25.5 Å². The third-order valence-electron chi connectivity index (χ3n) is 3.52. The number of carbonyl (C=O) groups is 1. The topological polar surface area (TPSA) is 60.5 Å². The smallest absolute Gasteiger partial charge is 0.407 e. The Morgan fingerprint density at radius 1 is 1.33 bits per heavy atom. The minimum Gasteiger partial charge on any atom is -0.450 e. The van der Waals surface area contributed by atoms with Crippen LogP contribution in [0.3, 0.4) is 0 Å². The Labute approximate surface area is 147 Å². The number of ether oxygens (including phenoxy) is 2. The van der Waals surface area contributed by atoms with Gasteiger partial charge in [0.25, 0.3) is 0 Å². The monoisotopic (exact) mass is 348 g/mol. The molecule has 0 saturated carbocycles. The van der Waals surface area contributed by atoms with Crippen molar-refractivity contribution in [3.05, 3.63) is 52.0 Å². The van der Waals surface area contributed by atoms with Crippen molar-refractivity contribution in [1.82, 2.24) is 10.3 Å². The zero-order valence-electron chi connectivity index (χ0n) is 14.2. The van der Waals surface area contributed by atoms with Gasteiger partial charge in [-0.1, -0.05) is 30.3 Å². The molecule has 0 radical (unpaired) electrons. The first-order chi connectivity index (χ1) is 11.7. The largest absolute Gasteiger partial charge is 0.450 e. The standard InChI is InChI=1S/C18H24N2O3S/c1-3-23-18(21)20-15(12-14-8-5-4-6-9-14)16-13-24-17(19-16)10-7-11-22-2/h4-6,8-9,13,15H,3,7,10-12H2,1-2H3,(H,20,21). The predicted octanol–water partition coefficient (Wildman–Crippen LogP) is 3.75. The number of aryl methyl sites for hydroxylation is 1. The van der Waals surface area contributed by atoms with Crippen molar-refractivity contribution in [1.29, 1.82) is 0 Å². The van der Waals surface area contributed by atoms with Crippen LogP contribution >= 0.6 is 11.3 Å². The number of methoxy groups -OCH3 is 1. The molecule has 24 heavy (non-hydrogen) atoms. The van der Waals surface area contributed by atoms with E-state index in [-0.39, 0.29) is 6.04 Å². The number of rotatable bonds is 9. The summed E-state index contributed by atoms with van der Waals surface area (Å²) in [4.78, 5) is 16.5. The van der Waals surface area contributed by atoms with Crippen molar-refractivity contribution in [3.63, 3.8) is 0 Å². The molecule has 0 spiro atoms. The van der Waals surface area contributed by atoms with Gasteiger partial charge in [0.1, 0.15) is 0 Å². The van der Waals surface area contributed by atoms with E-state index in [1.165, 1.54) is 0 Å². The quantitative estimate of drug-likeness (QED) is 0.701. The van der Waals surface area contributed by atoms with E-state index < -0.39 is 6.09 Å². The van der Waals surface area contributed by atoms with Gasteiger partial charge in [-0.2, -0.15) is 0 Å². The summed E-state index contributed by atoms with van der Waals surface area (Å²) in [7, 11) is 1.70. The third-order valence-corrected chi connectivity index (χ3v) is 4.44. The molecule has 0 bridgehead atoms. The number of amides is 1. The minimum atomic E-state index is -0.410. The average molecular weight is 348 g/mol. The summed E-state index contributed by atoms with van der Waals surface area (Å²) in [6, 6.07) is 9.87. The van der Waals surface area contributed by atoms with Crippen LogP contribution in [0.15, 0.2) is 35.7 Å². The molecule has 1 N–H and O–H groups in total. The highest BCUT2D eigenvalue weighted by atomic mass is 32.1. The molecule has 2 aromatic rings. The second-order valence-corrected chi connectivity index (χ2v) is 6.31. The fraction of sp³-hybridized carbons (Fsp3) is 0.444. The molecule has 1 aromatic carbocycles. The molecule has 0 saturated heterocycles.